The summed E-state index contributed by atoms with van der Waals surface area (Å²) in [5, 5.41) is 9.56. The summed E-state index contributed by atoms with van der Waals surface area (Å²) >= 11 is 0. The summed E-state index contributed by atoms with van der Waals surface area (Å²) in [7, 11) is 0. The van der Waals surface area contributed by atoms with E-state index in [1.54, 1.807) is 0 Å². The maximum atomic E-state index is 9.56. The Labute approximate surface area is 172 Å². The van der Waals surface area contributed by atoms with Crippen LogP contribution < -0.4 is 0 Å². The molecular formula is C23H30O6. The molecule has 1 unspecified atom stereocenters. The molecule has 3 atom stereocenters. The summed E-state index contributed by atoms with van der Waals surface area (Å²) in [5.74, 6) is 0. The van der Waals surface area contributed by atoms with Crippen LogP contribution in [-0.2, 0) is 36.9 Å². The quantitative estimate of drug-likeness (QED) is 0.462. The van der Waals surface area contributed by atoms with Crippen molar-refractivity contribution in [1.29, 1.82) is 0 Å². The Morgan fingerprint density at radius 1 is 0.793 bits per heavy atom. The van der Waals surface area contributed by atoms with E-state index in [0.717, 1.165) is 17.7 Å². The highest BCUT2D eigenvalue weighted by Crippen LogP contribution is 2.10. The Kier molecular flexibility index (Phi) is 9.59. The van der Waals surface area contributed by atoms with Gasteiger partial charge in [0.05, 0.1) is 52.9 Å². The fourth-order valence-corrected chi connectivity index (χ4v) is 2.70. The van der Waals surface area contributed by atoms with Crippen LogP contribution in [0.2, 0.25) is 0 Å². The van der Waals surface area contributed by atoms with Gasteiger partial charge in [0.2, 0.25) is 0 Å². The second-order valence-corrected chi connectivity index (χ2v) is 7.05. The standard InChI is InChI=1S/C23H30O6/c24-11-21(27-12-19-7-3-1-4-8-19)14-25-15-22(16-26-17-23-18-29-23)28-13-20-9-5-2-6-10-20/h1-10,21-24H,11-18H2/t21-,22+,23?/m1/s1. The number of aliphatic hydroxyl groups is 1. The van der Waals surface area contributed by atoms with Crippen LogP contribution in [0, 0.1) is 0 Å². The Bertz CT molecular complexity index is 662. The average molecular weight is 402 g/mol. The Hall–Kier alpha value is -1.80. The van der Waals surface area contributed by atoms with Crippen LogP contribution in [0.1, 0.15) is 11.1 Å². The van der Waals surface area contributed by atoms with Gasteiger partial charge in [-0.05, 0) is 11.1 Å². The van der Waals surface area contributed by atoms with Gasteiger partial charge < -0.3 is 28.8 Å². The van der Waals surface area contributed by atoms with Crippen molar-refractivity contribution in [2.45, 2.75) is 31.5 Å². The van der Waals surface area contributed by atoms with Gasteiger partial charge in [-0.15, -0.1) is 0 Å². The molecule has 1 aliphatic heterocycles. The maximum absolute atomic E-state index is 9.56. The van der Waals surface area contributed by atoms with E-state index in [1.165, 1.54) is 0 Å². The third kappa shape index (κ3) is 9.04. The topological polar surface area (TPSA) is 69.7 Å². The highest BCUT2D eigenvalue weighted by molar-refractivity contribution is 5.14. The van der Waals surface area contributed by atoms with Crippen LogP contribution in [0.25, 0.3) is 0 Å². The summed E-state index contributed by atoms with van der Waals surface area (Å²) in [6, 6.07) is 19.9. The molecule has 0 radical (unpaired) electrons. The van der Waals surface area contributed by atoms with E-state index >= 15 is 0 Å². The molecule has 0 bridgehead atoms. The lowest BCUT2D eigenvalue weighted by molar-refractivity contribution is -0.0959. The molecule has 0 spiro atoms. The third-order valence-corrected chi connectivity index (χ3v) is 4.48. The summed E-state index contributed by atoms with van der Waals surface area (Å²) in [6.45, 7) is 3.26. The molecule has 1 N–H and O–H groups in total. The van der Waals surface area contributed by atoms with Crippen molar-refractivity contribution in [2.75, 3.05) is 39.6 Å². The number of hydrogen-bond donors (Lipinski definition) is 1. The molecular weight excluding hydrogens is 372 g/mol. The Balaban J connectivity index is 1.38. The predicted molar refractivity (Wildman–Crippen MR) is 109 cm³/mol. The fourth-order valence-electron chi connectivity index (χ4n) is 2.70. The first-order valence-electron chi connectivity index (χ1n) is 10.0. The van der Waals surface area contributed by atoms with Gasteiger partial charge in [-0.2, -0.15) is 0 Å². The zero-order chi connectivity index (χ0) is 20.2. The molecule has 0 aromatic heterocycles. The fraction of sp³-hybridized carbons (Fsp3) is 0.478. The molecule has 0 amide bonds. The van der Waals surface area contributed by atoms with Gasteiger partial charge in [-0.1, -0.05) is 60.7 Å². The van der Waals surface area contributed by atoms with Gasteiger partial charge in [0.25, 0.3) is 0 Å². The van der Waals surface area contributed by atoms with E-state index in [4.69, 9.17) is 23.7 Å². The van der Waals surface area contributed by atoms with Crippen molar-refractivity contribution in [3.8, 4) is 0 Å². The van der Waals surface area contributed by atoms with E-state index in [0.29, 0.717) is 39.6 Å². The summed E-state index contributed by atoms with van der Waals surface area (Å²) in [5.41, 5.74) is 2.16. The van der Waals surface area contributed by atoms with Crippen molar-refractivity contribution in [2.24, 2.45) is 0 Å². The second kappa shape index (κ2) is 12.7. The van der Waals surface area contributed by atoms with Crippen LogP contribution in [0.15, 0.2) is 60.7 Å². The molecule has 1 saturated heterocycles. The van der Waals surface area contributed by atoms with E-state index in [-0.39, 0.29) is 24.9 Å². The first kappa shape index (κ1) is 21.9. The van der Waals surface area contributed by atoms with Crippen LogP contribution in [0.4, 0.5) is 0 Å². The van der Waals surface area contributed by atoms with Crippen molar-refractivity contribution in [1.82, 2.24) is 0 Å². The smallest absolute Gasteiger partial charge is 0.105 e. The highest BCUT2D eigenvalue weighted by atomic mass is 16.6. The van der Waals surface area contributed by atoms with Gasteiger partial charge in [0.1, 0.15) is 18.3 Å². The van der Waals surface area contributed by atoms with Gasteiger partial charge >= 0.3 is 0 Å². The monoisotopic (exact) mass is 402 g/mol. The number of rotatable bonds is 15. The molecule has 0 aliphatic carbocycles. The lowest BCUT2D eigenvalue weighted by Crippen LogP contribution is -2.30. The van der Waals surface area contributed by atoms with E-state index in [2.05, 4.69) is 0 Å². The zero-order valence-electron chi connectivity index (χ0n) is 16.7. The van der Waals surface area contributed by atoms with Crippen molar-refractivity contribution >= 4 is 0 Å². The number of epoxide rings is 1. The lowest BCUT2D eigenvalue weighted by atomic mass is 10.2. The molecule has 6 heteroatoms. The predicted octanol–water partition coefficient (Wildman–Crippen LogP) is 2.58. The van der Waals surface area contributed by atoms with E-state index < -0.39 is 0 Å². The molecule has 0 saturated carbocycles. The molecule has 1 fully saturated rings. The van der Waals surface area contributed by atoms with Crippen LogP contribution in [-0.4, -0.2) is 63.1 Å². The summed E-state index contributed by atoms with van der Waals surface area (Å²) < 4.78 is 28.4. The van der Waals surface area contributed by atoms with Gasteiger partial charge in [0.15, 0.2) is 0 Å². The van der Waals surface area contributed by atoms with Crippen molar-refractivity contribution < 1.29 is 28.8 Å². The molecule has 6 nitrogen and oxygen atoms in total. The van der Waals surface area contributed by atoms with Gasteiger partial charge in [-0.25, -0.2) is 0 Å². The third-order valence-electron chi connectivity index (χ3n) is 4.48. The van der Waals surface area contributed by atoms with Crippen LogP contribution in [0.3, 0.4) is 0 Å². The minimum absolute atomic E-state index is 0.0993. The van der Waals surface area contributed by atoms with Crippen molar-refractivity contribution in [3.05, 3.63) is 71.8 Å². The van der Waals surface area contributed by atoms with Crippen LogP contribution >= 0.6 is 0 Å². The molecule has 158 valence electrons. The minimum Gasteiger partial charge on any atom is -0.394 e. The largest absolute Gasteiger partial charge is 0.394 e. The molecule has 1 heterocycles. The van der Waals surface area contributed by atoms with E-state index in [1.807, 2.05) is 60.7 Å². The highest BCUT2D eigenvalue weighted by Gasteiger charge is 2.23. The molecule has 1 aliphatic rings. The van der Waals surface area contributed by atoms with E-state index in [9.17, 15) is 5.11 Å². The molecule has 29 heavy (non-hydrogen) atoms. The first-order valence-corrected chi connectivity index (χ1v) is 10.0. The van der Waals surface area contributed by atoms with Crippen molar-refractivity contribution in [3.63, 3.8) is 0 Å². The van der Waals surface area contributed by atoms with Gasteiger partial charge in [0, 0.05) is 0 Å². The number of benzene rings is 2. The normalized spacial score (nSPS) is 17.8. The number of hydrogen-bond acceptors (Lipinski definition) is 6. The van der Waals surface area contributed by atoms with Gasteiger partial charge in [-0.3, -0.25) is 0 Å². The second-order valence-electron chi connectivity index (χ2n) is 7.05. The SMILES string of the molecule is OC[C@H](COC[C@@H](COCC1CO1)OCc1ccccc1)OCc1ccccc1. The summed E-state index contributed by atoms with van der Waals surface area (Å²) in [6.07, 6.45) is -0.371. The number of aliphatic hydroxyl groups excluding tert-OH is 1. The lowest BCUT2D eigenvalue weighted by Gasteiger charge is -2.21. The molecule has 2 aromatic rings. The average Bonchev–Trinajstić information content (AvgIpc) is 3.60. The zero-order valence-corrected chi connectivity index (χ0v) is 16.7. The van der Waals surface area contributed by atoms with Crippen LogP contribution in [0.5, 0.6) is 0 Å². The number of ether oxygens (including phenoxy) is 5. The molecule has 2 aromatic carbocycles. The maximum Gasteiger partial charge on any atom is 0.105 e. The Morgan fingerprint density at radius 2 is 1.31 bits per heavy atom. The summed E-state index contributed by atoms with van der Waals surface area (Å²) in [4.78, 5) is 0. The molecule has 3 rings (SSSR count). The minimum atomic E-state index is -0.384. The Morgan fingerprint density at radius 3 is 1.86 bits per heavy atom. The first-order chi connectivity index (χ1) is 14.3.